The van der Waals surface area contributed by atoms with E-state index in [0.717, 1.165) is 40.9 Å². The Labute approximate surface area is 138 Å². The van der Waals surface area contributed by atoms with Gasteiger partial charge in [0.1, 0.15) is 11.5 Å². The van der Waals surface area contributed by atoms with Crippen LogP contribution in [0.1, 0.15) is 30.7 Å². The molecule has 0 saturated carbocycles. The van der Waals surface area contributed by atoms with E-state index in [0.29, 0.717) is 5.22 Å². The Morgan fingerprint density at radius 1 is 1.33 bits per heavy atom. The highest BCUT2D eigenvalue weighted by Crippen LogP contribution is 2.29. The minimum Gasteiger partial charge on any atom is -0.496 e. The maximum atomic E-state index is 5.90. The molecule has 0 aliphatic heterocycles. The quantitative estimate of drug-likeness (QED) is 0.743. The SMILES string of the molecule is CCCNC(Cc1cc(Br)ccc1OC)c1ccc(Cl)o1. The second-order valence-corrected chi connectivity index (χ2v) is 6.10. The van der Waals surface area contributed by atoms with Crippen LogP contribution in [0.15, 0.2) is 39.2 Å². The van der Waals surface area contributed by atoms with Crippen LogP contribution in [0.4, 0.5) is 0 Å². The van der Waals surface area contributed by atoms with Gasteiger partial charge in [-0.3, -0.25) is 0 Å². The van der Waals surface area contributed by atoms with E-state index in [9.17, 15) is 0 Å². The molecule has 0 radical (unpaired) electrons. The molecule has 1 unspecified atom stereocenters. The van der Waals surface area contributed by atoms with E-state index in [1.807, 2.05) is 18.2 Å². The summed E-state index contributed by atoms with van der Waals surface area (Å²) in [6, 6.07) is 9.77. The highest BCUT2D eigenvalue weighted by Gasteiger charge is 2.18. The first-order valence-corrected chi connectivity index (χ1v) is 8.12. The number of benzene rings is 1. The third-order valence-electron chi connectivity index (χ3n) is 3.24. The van der Waals surface area contributed by atoms with Crippen LogP contribution < -0.4 is 10.1 Å². The highest BCUT2D eigenvalue weighted by atomic mass is 79.9. The molecule has 1 aromatic heterocycles. The molecule has 0 aliphatic rings. The molecule has 2 rings (SSSR count). The van der Waals surface area contributed by atoms with Gasteiger partial charge in [-0.1, -0.05) is 22.9 Å². The van der Waals surface area contributed by atoms with E-state index in [4.69, 9.17) is 20.8 Å². The van der Waals surface area contributed by atoms with Crippen LogP contribution in [0.2, 0.25) is 5.22 Å². The van der Waals surface area contributed by atoms with Crippen molar-refractivity contribution < 1.29 is 9.15 Å². The summed E-state index contributed by atoms with van der Waals surface area (Å²) in [7, 11) is 1.69. The summed E-state index contributed by atoms with van der Waals surface area (Å²) < 4.78 is 12.0. The first kappa shape index (κ1) is 16.4. The van der Waals surface area contributed by atoms with Crippen molar-refractivity contribution in [2.75, 3.05) is 13.7 Å². The first-order valence-electron chi connectivity index (χ1n) is 6.95. The van der Waals surface area contributed by atoms with E-state index in [2.05, 4.69) is 34.2 Å². The molecule has 1 N–H and O–H groups in total. The number of furan rings is 1. The Kier molecular flexibility index (Phi) is 6.15. The fourth-order valence-electron chi connectivity index (χ4n) is 2.23. The average molecular weight is 373 g/mol. The predicted molar refractivity (Wildman–Crippen MR) is 89.2 cm³/mol. The van der Waals surface area contributed by atoms with Crippen LogP contribution in [0.3, 0.4) is 0 Å². The predicted octanol–water partition coefficient (Wildman–Crippen LogP) is 4.99. The fourth-order valence-corrected chi connectivity index (χ4v) is 2.79. The third-order valence-corrected chi connectivity index (χ3v) is 3.94. The lowest BCUT2D eigenvalue weighted by Gasteiger charge is -2.18. The summed E-state index contributed by atoms with van der Waals surface area (Å²) in [6.45, 7) is 3.05. The summed E-state index contributed by atoms with van der Waals surface area (Å²) in [4.78, 5) is 0. The number of nitrogens with one attached hydrogen (secondary N) is 1. The second kappa shape index (κ2) is 7.87. The number of rotatable bonds is 7. The highest BCUT2D eigenvalue weighted by molar-refractivity contribution is 9.10. The molecule has 1 atom stereocenters. The molecular formula is C16H19BrClNO2. The molecule has 21 heavy (non-hydrogen) atoms. The Morgan fingerprint density at radius 2 is 2.14 bits per heavy atom. The number of halogens is 2. The van der Waals surface area contributed by atoms with E-state index < -0.39 is 0 Å². The molecule has 3 nitrogen and oxygen atoms in total. The number of hydrogen-bond donors (Lipinski definition) is 1. The fraction of sp³-hybridized carbons (Fsp3) is 0.375. The van der Waals surface area contributed by atoms with Crippen molar-refractivity contribution in [1.82, 2.24) is 5.32 Å². The van der Waals surface area contributed by atoms with Crippen molar-refractivity contribution in [2.45, 2.75) is 25.8 Å². The smallest absolute Gasteiger partial charge is 0.193 e. The van der Waals surface area contributed by atoms with Crippen molar-refractivity contribution in [3.05, 3.63) is 51.3 Å². The molecule has 5 heteroatoms. The molecule has 1 heterocycles. The normalized spacial score (nSPS) is 12.4. The Hall–Kier alpha value is -0.970. The van der Waals surface area contributed by atoms with Gasteiger partial charge >= 0.3 is 0 Å². The molecular weight excluding hydrogens is 354 g/mol. The van der Waals surface area contributed by atoms with Gasteiger partial charge in [-0.25, -0.2) is 0 Å². The molecule has 0 aliphatic carbocycles. The molecule has 0 fully saturated rings. The Bertz CT molecular complexity index is 585. The minimum atomic E-state index is 0.0700. The molecule has 0 bridgehead atoms. The van der Waals surface area contributed by atoms with Crippen LogP contribution >= 0.6 is 27.5 Å². The van der Waals surface area contributed by atoms with Crippen molar-refractivity contribution >= 4 is 27.5 Å². The molecule has 114 valence electrons. The summed E-state index contributed by atoms with van der Waals surface area (Å²) in [6.07, 6.45) is 1.83. The summed E-state index contributed by atoms with van der Waals surface area (Å²) in [5.41, 5.74) is 1.12. The van der Waals surface area contributed by atoms with Crippen molar-refractivity contribution in [2.24, 2.45) is 0 Å². The van der Waals surface area contributed by atoms with Gasteiger partial charge in [0.25, 0.3) is 0 Å². The van der Waals surface area contributed by atoms with Crippen molar-refractivity contribution in [3.8, 4) is 5.75 Å². The molecule has 0 amide bonds. The summed E-state index contributed by atoms with van der Waals surface area (Å²) >= 11 is 9.41. The maximum Gasteiger partial charge on any atom is 0.193 e. The Balaban J connectivity index is 2.24. The van der Waals surface area contributed by atoms with E-state index in [1.54, 1.807) is 13.2 Å². The van der Waals surface area contributed by atoms with Crippen LogP contribution in [0.25, 0.3) is 0 Å². The van der Waals surface area contributed by atoms with Crippen LogP contribution in [0.5, 0.6) is 5.75 Å². The van der Waals surface area contributed by atoms with Crippen LogP contribution in [0, 0.1) is 0 Å². The molecule has 2 aromatic rings. The van der Waals surface area contributed by atoms with Crippen LogP contribution in [-0.2, 0) is 6.42 Å². The Morgan fingerprint density at radius 3 is 2.76 bits per heavy atom. The number of ether oxygens (including phenoxy) is 1. The topological polar surface area (TPSA) is 34.4 Å². The molecule has 0 saturated heterocycles. The van der Waals surface area contributed by atoms with Gasteiger partial charge < -0.3 is 14.5 Å². The zero-order valence-corrected chi connectivity index (χ0v) is 14.5. The third kappa shape index (κ3) is 4.50. The average Bonchev–Trinajstić information content (AvgIpc) is 2.90. The second-order valence-electron chi connectivity index (χ2n) is 4.81. The monoisotopic (exact) mass is 371 g/mol. The van der Waals surface area contributed by atoms with Crippen molar-refractivity contribution in [1.29, 1.82) is 0 Å². The van der Waals surface area contributed by atoms with Gasteiger partial charge in [0.2, 0.25) is 0 Å². The lowest BCUT2D eigenvalue weighted by atomic mass is 10.0. The van der Waals surface area contributed by atoms with Gasteiger partial charge in [0, 0.05) is 4.47 Å². The zero-order chi connectivity index (χ0) is 15.2. The lowest BCUT2D eigenvalue weighted by Crippen LogP contribution is -2.23. The van der Waals surface area contributed by atoms with Gasteiger partial charge in [0.05, 0.1) is 13.2 Å². The van der Waals surface area contributed by atoms with E-state index in [-0.39, 0.29) is 6.04 Å². The van der Waals surface area contributed by atoms with Gasteiger partial charge in [-0.2, -0.15) is 0 Å². The van der Waals surface area contributed by atoms with E-state index >= 15 is 0 Å². The zero-order valence-electron chi connectivity index (χ0n) is 12.2. The molecule has 0 spiro atoms. The van der Waals surface area contributed by atoms with Gasteiger partial charge in [0.15, 0.2) is 5.22 Å². The van der Waals surface area contributed by atoms with Crippen LogP contribution in [-0.4, -0.2) is 13.7 Å². The van der Waals surface area contributed by atoms with Gasteiger partial charge in [-0.05, 0) is 66.9 Å². The maximum absolute atomic E-state index is 5.90. The summed E-state index contributed by atoms with van der Waals surface area (Å²) in [5.74, 6) is 1.72. The number of methoxy groups -OCH3 is 1. The molecule has 1 aromatic carbocycles. The largest absolute Gasteiger partial charge is 0.496 e. The van der Waals surface area contributed by atoms with Crippen molar-refractivity contribution in [3.63, 3.8) is 0 Å². The lowest BCUT2D eigenvalue weighted by molar-refractivity contribution is 0.390. The summed E-state index contributed by atoms with van der Waals surface area (Å²) in [5, 5.41) is 3.91. The minimum absolute atomic E-state index is 0.0700. The van der Waals surface area contributed by atoms with Gasteiger partial charge in [-0.15, -0.1) is 0 Å². The van der Waals surface area contributed by atoms with E-state index in [1.165, 1.54) is 0 Å². The first-order chi connectivity index (χ1) is 10.1. The number of hydrogen-bond acceptors (Lipinski definition) is 3. The standard InChI is InChI=1S/C16H19BrClNO2/c1-3-8-19-13(15-6-7-16(18)21-15)10-11-9-12(17)4-5-14(11)20-2/h4-7,9,13,19H,3,8,10H2,1-2H3.